The molecular weight excluding hydrogens is 373 g/mol. The number of nitrogens with one attached hydrogen (secondary N) is 2. The maximum Gasteiger partial charge on any atom is 0.238 e. The van der Waals surface area contributed by atoms with Gasteiger partial charge in [0.15, 0.2) is 0 Å². The zero-order valence-corrected chi connectivity index (χ0v) is 15.3. The Morgan fingerprint density at radius 3 is 2.22 bits per heavy atom. The minimum atomic E-state index is -3.73. The van der Waals surface area contributed by atoms with Crippen molar-refractivity contribution in [2.45, 2.75) is 24.3 Å². The Morgan fingerprint density at radius 1 is 0.963 bits per heavy atom. The quantitative estimate of drug-likeness (QED) is 0.576. The van der Waals surface area contributed by atoms with Crippen molar-refractivity contribution in [3.05, 3.63) is 65.5 Å². The zero-order chi connectivity index (χ0) is 19.9. The summed E-state index contributed by atoms with van der Waals surface area (Å²) in [4.78, 5) is 23.5. The minimum absolute atomic E-state index is 0.00911. The molecule has 0 aromatic heterocycles. The van der Waals surface area contributed by atoms with Gasteiger partial charge in [0.05, 0.1) is 4.90 Å². The fraction of sp³-hybridized carbons (Fsp3) is 0.222. The van der Waals surface area contributed by atoms with Crippen molar-refractivity contribution in [2.75, 3.05) is 6.54 Å². The highest BCUT2D eigenvalue weighted by Gasteiger charge is 2.10. The van der Waals surface area contributed by atoms with Crippen molar-refractivity contribution in [2.24, 2.45) is 5.14 Å². The fourth-order valence-corrected chi connectivity index (χ4v) is 2.81. The van der Waals surface area contributed by atoms with Crippen molar-refractivity contribution in [1.82, 2.24) is 10.6 Å². The van der Waals surface area contributed by atoms with Gasteiger partial charge in [0.1, 0.15) is 12.2 Å². The predicted octanol–water partition coefficient (Wildman–Crippen LogP) is 0.838. The second kappa shape index (κ2) is 9.24. The Balaban J connectivity index is 1.71. The normalized spacial score (nSPS) is 11.0. The second-order valence-electron chi connectivity index (χ2n) is 5.83. The molecule has 0 heterocycles. The third-order valence-corrected chi connectivity index (χ3v) is 4.67. The molecule has 2 amide bonds. The first-order valence-electron chi connectivity index (χ1n) is 8.14. The monoisotopic (exact) mass is 393 g/mol. The minimum Gasteiger partial charge on any atom is -0.355 e. The highest BCUT2D eigenvalue weighted by molar-refractivity contribution is 7.89. The first kappa shape index (κ1) is 20.5. The van der Waals surface area contributed by atoms with Gasteiger partial charge >= 0.3 is 0 Å². The number of rotatable bonds is 8. The van der Waals surface area contributed by atoms with E-state index >= 15 is 0 Å². The van der Waals surface area contributed by atoms with Gasteiger partial charge in [-0.15, -0.1) is 0 Å². The van der Waals surface area contributed by atoms with Crippen LogP contribution in [0.1, 0.15) is 17.5 Å². The number of amides is 2. The standard InChI is InChI=1S/C18H20FN3O4S/c19-16-4-2-1-3-14(16)12-22-18(24)11-17(23)21-10-9-13-5-7-15(8-6-13)27(20,25)26/h1-8H,9-12H2,(H,21,23)(H,22,24)(H2,20,25,26). The lowest BCUT2D eigenvalue weighted by molar-refractivity contribution is -0.129. The number of carbonyl (C=O) groups excluding carboxylic acids is 2. The Morgan fingerprint density at radius 2 is 1.59 bits per heavy atom. The number of primary sulfonamides is 1. The van der Waals surface area contributed by atoms with E-state index in [1.165, 1.54) is 18.2 Å². The molecule has 2 aromatic rings. The molecule has 144 valence electrons. The lowest BCUT2D eigenvalue weighted by atomic mass is 10.1. The third kappa shape index (κ3) is 6.80. The summed E-state index contributed by atoms with van der Waals surface area (Å²) in [5.74, 6) is -1.38. The van der Waals surface area contributed by atoms with Crippen LogP contribution < -0.4 is 15.8 Å². The molecule has 0 bridgehead atoms. The molecule has 0 aliphatic carbocycles. The number of carbonyl (C=O) groups is 2. The SMILES string of the molecule is NS(=O)(=O)c1ccc(CCNC(=O)CC(=O)NCc2ccccc2F)cc1. The van der Waals surface area contributed by atoms with Gasteiger partial charge in [-0.2, -0.15) is 0 Å². The summed E-state index contributed by atoms with van der Waals surface area (Å²) < 4.78 is 35.8. The lowest BCUT2D eigenvalue weighted by Crippen LogP contribution is -2.32. The van der Waals surface area contributed by atoms with Gasteiger partial charge in [-0.3, -0.25) is 9.59 Å². The summed E-state index contributed by atoms with van der Waals surface area (Å²) in [6, 6.07) is 12.1. The number of hydrogen-bond acceptors (Lipinski definition) is 4. The molecule has 0 spiro atoms. The average molecular weight is 393 g/mol. The first-order chi connectivity index (χ1) is 12.8. The van der Waals surface area contributed by atoms with Crippen molar-refractivity contribution in [3.8, 4) is 0 Å². The number of nitrogens with two attached hydrogens (primary N) is 1. The molecule has 7 nitrogen and oxygen atoms in total. The molecule has 0 fully saturated rings. The van der Waals surface area contributed by atoms with E-state index < -0.39 is 27.7 Å². The first-order valence-corrected chi connectivity index (χ1v) is 9.69. The average Bonchev–Trinajstić information content (AvgIpc) is 2.60. The largest absolute Gasteiger partial charge is 0.355 e. The Bertz CT molecular complexity index is 914. The van der Waals surface area contributed by atoms with Crippen molar-refractivity contribution in [3.63, 3.8) is 0 Å². The van der Waals surface area contributed by atoms with E-state index in [2.05, 4.69) is 10.6 Å². The number of halogens is 1. The van der Waals surface area contributed by atoms with E-state index in [0.717, 1.165) is 5.56 Å². The lowest BCUT2D eigenvalue weighted by Gasteiger charge is -2.08. The van der Waals surface area contributed by atoms with E-state index in [-0.39, 0.29) is 24.4 Å². The molecule has 0 saturated heterocycles. The Labute approximate surface area is 156 Å². The fourth-order valence-electron chi connectivity index (χ4n) is 2.30. The van der Waals surface area contributed by atoms with E-state index in [0.29, 0.717) is 12.0 Å². The van der Waals surface area contributed by atoms with E-state index in [4.69, 9.17) is 5.14 Å². The summed E-state index contributed by atoms with van der Waals surface area (Å²) in [6.45, 7) is 0.295. The molecule has 0 saturated carbocycles. The molecule has 4 N–H and O–H groups in total. The van der Waals surface area contributed by atoms with Gasteiger partial charge < -0.3 is 10.6 Å². The van der Waals surface area contributed by atoms with Gasteiger partial charge in [0.2, 0.25) is 21.8 Å². The second-order valence-corrected chi connectivity index (χ2v) is 7.40. The van der Waals surface area contributed by atoms with Gasteiger partial charge in [-0.1, -0.05) is 30.3 Å². The van der Waals surface area contributed by atoms with E-state index in [9.17, 15) is 22.4 Å². The maximum absolute atomic E-state index is 13.4. The molecular formula is C18H20FN3O4S. The van der Waals surface area contributed by atoms with E-state index in [1.807, 2.05) is 0 Å². The molecule has 2 aromatic carbocycles. The molecule has 0 aliphatic heterocycles. The molecule has 0 aliphatic rings. The zero-order valence-electron chi connectivity index (χ0n) is 14.4. The summed E-state index contributed by atoms with van der Waals surface area (Å²) in [5.41, 5.74) is 1.15. The summed E-state index contributed by atoms with van der Waals surface area (Å²) in [6.07, 6.45) is 0.103. The van der Waals surface area contributed by atoms with Gasteiger partial charge in [0.25, 0.3) is 0 Å². The Hall–Kier alpha value is -2.78. The van der Waals surface area contributed by atoms with Crippen molar-refractivity contribution in [1.29, 1.82) is 0 Å². The van der Waals surface area contributed by atoms with Crippen LogP contribution in [0.15, 0.2) is 53.4 Å². The van der Waals surface area contributed by atoms with Crippen LogP contribution in [0.4, 0.5) is 4.39 Å². The van der Waals surface area contributed by atoms with Crippen LogP contribution in [0.25, 0.3) is 0 Å². The Kier molecular flexibility index (Phi) is 7.03. The van der Waals surface area contributed by atoms with Crippen LogP contribution in [0.3, 0.4) is 0 Å². The maximum atomic E-state index is 13.4. The van der Waals surface area contributed by atoms with Gasteiger partial charge in [0, 0.05) is 18.7 Å². The molecule has 0 radical (unpaired) electrons. The smallest absolute Gasteiger partial charge is 0.238 e. The van der Waals surface area contributed by atoms with Gasteiger partial charge in [-0.25, -0.2) is 17.9 Å². The van der Waals surface area contributed by atoms with Crippen LogP contribution in [-0.4, -0.2) is 26.8 Å². The highest BCUT2D eigenvalue weighted by Crippen LogP contribution is 2.09. The van der Waals surface area contributed by atoms with Crippen LogP contribution >= 0.6 is 0 Å². The van der Waals surface area contributed by atoms with E-state index in [1.54, 1.807) is 30.3 Å². The van der Waals surface area contributed by atoms with Crippen molar-refractivity contribution < 1.29 is 22.4 Å². The summed E-state index contributed by atoms with van der Waals surface area (Å²) >= 11 is 0. The molecule has 0 unspecified atom stereocenters. The topological polar surface area (TPSA) is 118 Å². The molecule has 27 heavy (non-hydrogen) atoms. The molecule has 2 rings (SSSR count). The number of benzene rings is 2. The predicted molar refractivity (Wildman–Crippen MR) is 97.4 cm³/mol. The third-order valence-electron chi connectivity index (χ3n) is 3.74. The van der Waals surface area contributed by atoms with Crippen LogP contribution in [0.5, 0.6) is 0 Å². The number of sulfonamides is 1. The van der Waals surface area contributed by atoms with Crippen LogP contribution in [-0.2, 0) is 32.6 Å². The molecule has 9 heteroatoms. The van der Waals surface area contributed by atoms with Gasteiger partial charge in [-0.05, 0) is 30.2 Å². The van der Waals surface area contributed by atoms with Crippen LogP contribution in [0, 0.1) is 5.82 Å². The van der Waals surface area contributed by atoms with Crippen molar-refractivity contribution >= 4 is 21.8 Å². The molecule has 0 atom stereocenters. The van der Waals surface area contributed by atoms with Crippen LogP contribution in [0.2, 0.25) is 0 Å². The number of hydrogen-bond donors (Lipinski definition) is 3. The summed E-state index contributed by atoms with van der Waals surface area (Å²) in [5, 5.41) is 10.1. The summed E-state index contributed by atoms with van der Waals surface area (Å²) in [7, 11) is -3.73. The highest BCUT2D eigenvalue weighted by atomic mass is 32.2.